The molecule has 1 aliphatic heterocycles. The maximum Gasteiger partial charge on any atom is 0.257 e. The monoisotopic (exact) mass is 359 g/mol. The van der Waals surface area contributed by atoms with Crippen molar-refractivity contribution in [3.05, 3.63) is 34.8 Å². The highest BCUT2D eigenvalue weighted by atomic mass is 32.1. The molecule has 0 bridgehead atoms. The van der Waals surface area contributed by atoms with Crippen LogP contribution in [0, 0.1) is 12.8 Å². The molecular formula is C17H21N5O2S. The van der Waals surface area contributed by atoms with Crippen LogP contribution in [0.4, 0.5) is 10.8 Å². The standard InChI is InChI=1S/C17H21N5O2S/c1-10(2)15-18-13-7-5-4-6-12(13)16(24)22(15)9-8-14(23)19-17-21-20-11(3)25-17/h4-7,10,15,18H,8-9H2,1-3H3,(H,19,21,23)/t15-/m1/s1. The zero-order chi connectivity index (χ0) is 18.0. The second-order valence-electron chi connectivity index (χ2n) is 6.30. The first-order valence-electron chi connectivity index (χ1n) is 8.22. The van der Waals surface area contributed by atoms with Crippen LogP contribution in [0.2, 0.25) is 0 Å². The van der Waals surface area contributed by atoms with Crippen molar-refractivity contribution < 1.29 is 9.59 Å². The largest absolute Gasteiger partial charge is 0.364 e. The summed E-state index contributed by atoms with van der Waals surface area (Å²) in [6.45, 7) is 6.27. The summed E-state index contributed by atoms with van der Waals surface area (Å²) < 4.78 is 0. The van der Waals surface area contributed by atoms with E-state index in [1.54, 1.807) is 11.0 Å². The number of benzene rings is 1. The van der Waals surface area contributed by atoms with Gasteiger partial charge in [-0.25, -0.2) is 0 Å². The summed E-state index contributed by atoms with van der Waals surface area (Å²) in [5.74, 6) is -0.0101. The molecule has 0 fully saturated rings. The van der Waals surface area contributed by atoms with Crippen LogP contribution in [0.5, 0.6) is 0 Å². The molecule has 7 nitrogen and oxygen atoms in total. The predicted octanol–water partition coefficient (Wildman–Crippen LogP) is 2.73. The highest BCUT2D eigenvalue weighted by Gasteiger charge is 2.33. The summed E-state index contributed by atoms with van der Waals surface area (Å²) in [7, 11) is 0. The van der Waals surface area contributed by atoms with Gasteiger partial charge < -0.3 is 15.5 Å². The number of aryl methyl sites for hydroxylation is 1. The summed E-state index contributed by atoms with van der Waals surface area (Å²) in [6.07, 6.45) is 0.0659. The van der Waals surface area contributed by atoms with Crippen molar-refractivity contribution in [1.82, 2.24) is 15.1 Å². The van der Waals surface area contributed by atoms with Gasteiger partial charge in [0.1, 0.15) is 11.2 Å². The molecule has 0 saturated carbocycles. The molecule has 0 radical (unpaired) electrons. The van der Waals surface area contributed by atoms with E-state index >= 15 is 0 Å². The lowest BCUT2D eigenvalue weighted by Crippen LogP contribution is -2.52. The Morgan fingerprint density at radius 1 is 1.36 bits per heavy atom. The van der Waals surface area contributed by atoms with Crippen molar-refractivity contribution in [2.75, 3.05) is 17.2 Å². The Bertz CT molecular complexity index is 789. The van der Waals surface area contributed by atoms with Crippen LogP contribution < -0.4 is 10.6 Å². The third kappa shape index (κ3) is 3.79. The molecule has 3 rings (SSSR count). The van der Waals surface area contributed by atoms with Gasteiger partial charge in [0.15, 0.2) is 0 Å². The second-order valence-corrected chi connectivity index (χ2v) is 7.48. The highest BCUT2D eigenvalue weighted by Crippen LogP contribution is 2.28. The quantitative estimate of drug-likeness (QED) is 0.857. The molecule has 132 valence electrons. The Morgan fingerprint density at radius 3 is 2.80 bits per heavy atom. The Kier molecular flexibility index (Phi) is 4.98. The lowest BCUT2D eigenvalue weighted by Gasteiger charge is -2.40. The van der Waals surface area contributed by atoms with Crippen LogP contribution in [0.3, 0.4) is 0 Å². The number of amides is 2. The van der Waals surface area contributed by atoms with Gasteiger partial charge in [0.05, 0.1) is 5.56 Å². The first kappa shape index (κ1) is 17.3. The Morgan fingerprint density at radius 2 is 2.12 bits per heavy atom. The van der Waals surface area contributed by atoms with Crippen molar-refractivity contribution in [3.63, 3.8) is 0 Å². The van der Waals surface area contributed by atoms with Crippen molar-refractivity contribution in [3.8, 4) is 0 Å². The number of fused-ring (bicyclic) bond motifs is 1. The van der Waals surface area contributed by atoms with Crippen molar-refractivity contribution in [2.45, 2.75) is 33.4 Å². The fraction of sp³-hybridized carbons (Fsp3) is 0.412. The Labute approximate surface area is 150 Å². The predicted molar refractivity (Wildman–Crippen MR) is 97.6 cm³/mol. The fourth-order valence-electron chi connectivity index (χ4n) is 2.83. The number of hydrogen-bond acceptors (Lipinski definition) is 6. The first-order valence-corrected chi connectivity index (χ1v) is 9.04. The molecule has 8 heteroatoms. The van der Waals surface area contributed by atoms with Crippen LogP contribution in [-0.4, -0.2) is 39.6 Å². The number of anilines is 2. The third-order valence-electron chi connectivity index (χ3n) is 4.04. The van der Waals surface area contributed by atoms with Gasteiger partial charge >= 0.3 is 0 Å². The zero-order valence-corrected chi connectivity index (χ0v) is 15.3. The lowest BCUT2D eigenvalue weighted by atomic mass is 10.0. The Hall–Kier alpha value is -2.48. The number of aromatic nitrogens is 2. The van der Waals surface area contributed by atoms with Crippen molar-refractivity contribution in [2.24, 2.45) is 5.92 Å². The average molecular weight is 359 g/mol. The van der Waals surface area contributed by atoms with Crippen LogP contribution in [-0.2, 0) is 4.79 Å². The molecular weight excluding hydrogens is 338 g/mol. The van der Waals surface area contributed by atoms with E-state index in [4.69, 9.17) is 0 Å². The SMILES string of the molecule is Cc1nnc(NC(=O)CCN2C(=O)c3ccccc3N[C@H]2C(C)C)s1. The van der Waals surface area contributed by atoms with Crippen molar-refractivity contribution >= 4 is 34.0 Å². The number of carbonyl (C=O) groups is 2. The molecule has 2 N–H and O–H groups in total. The van der Waals surface area contributed by atoms with Gasteiger partial charge in [0, 0.05) is 18.7 Å². The number of carbonyl (C=O) groups excluding carboxylic acids is 2. The minimum atomic E-state index is -0.176. The Balaban J connectivity index is 1.69. The first-order chi connectivity index (χ1) is 12.0. The van der Waals surface area contributed by atoms with E-state index in [9.17, 15) is 9.59 Å². The molecule has 0 saturated heterocycles. The van der Waals surface area contributed by atoms with Crippen LogP contribution in [0.1, 0.15) is 35.6 Å². The molecule has 0 unspecified atom stereocenters. The van der Waals surface area contributed by atoms with E-state index in [0.717, 1.165) is 10.7 Å². The van der Waals surface area contributed by atoms with Gasteiger partial charge in [-0.2, -0.15) is 0 Å². The van der Waals surface area contributed by atoms with Gasteiger partial charge in [-0.3, -0.25) is 9.59 Å². The summed E-state index contributed by atoms with van der Waals surface area (Å²) in [4.78, 5) is 26.7. The molecule has 25 heavy (non-hydrogen) atoms. The molecule has 1 atom stereocenters. The van der Waals surface area contributed by atoms with E-state index in [1.807, 2.05) is 25.1 Å². The van der Waals surface area contributed by atoms with Gasteiger partial charge in [-0.1, -0.05) is 37.3 Å². The summed E-state index contributed by atoms with van der Waals surface area (Å²) in [5.41, 5.74) is 1.48. The van der Waals surface area contributed by atoms with E-state index in [-0.39, 0.29) is 30.3 Å². The molecule has 2 aromatic rings. The molecule has 1 aromatic carbocycles. The van der Waals surface area contributed by atoms with Crippen molar-refractivity contribution in [1.29, 1.82) is 0 Å². The average Bonchev–Trinajstić information content (AvgIpc) is 2.98. The molecule has 1 aromatic heterocycles. The highest BCUT2D eigenvalue weighted by molar-refractivity contribution is 7.15. The lowest BCUT2D eigenvalue weighted by molar-refractivity contribution is -0.116. The normalized spacial score (nSPS) is 16.6. The van der Waals surface area contributed by atoms with Gasteiger partial charge in [-0.05, 0) is 25.0 Å². The van der Waals surface area contributed by atoms with E-state index in [1.165, 1.54) is 11.3 Å². The summed E-state index contributed by atoms with van der Waals surface area (Å²) >= 11 is 1.33. The minimum Gasteiger partial charge on any atom is -0.364 e. The van der Waals surface area contributed by atoms with E-state index in [2.05, 4.69) is 34.7 Å². The number of para-hydroxylation sites is 1. The zero-order valence-electron chi connectivity index (χ0n) is 14.4. The van der Waals surface area contributed by atoms with Gasteiger partial charge in [-0.15, -0.1) is 10.2 Å². The third-order valence-corrected chi connectivity index (χ3v) is 4.80. The molecule has 1 aliphatic rings. The summed E-state index contributed by atoms with van der Waals surface area (Å²) in [5, 5.41) is 15.2. The van der Waals surface area contributed by atoms with Crippen LogP contribution in [0.25, 0.3) is 0 Å². The van der Waals surface area contributed by atoms with Crippen LogP contribution >= 0.6 is 11.3 Å². The number of nitrogens with zero attached hydrogens (tertiary/aromatic N) is 3. The van der Waals surface area contributed by atoms with Crippen LogP contribution in [0.15, 0.2) is 24.3 Å². The van der Waals surface area contributed by atoms with Gasteiger partial charge in [0.25, 0.3) is 5.91 Å². The number of nitrogens with one attached hydrogen (secondary N) is 2. The maximum absolute atomic E-state index is 12.8. The number of hydrogen-bond donors (Lipinski definition) is 2. The number of rotatable bonds is 5. The van der Waals surface area contributed by atoms with Gasteiger partial charge in [0.2, 0.25) is 11.0 Å². The van der Waals surface area contributed by atoms with E-state index < -0.39 is 0 Å². The minimum absolute atomic E-state index is 0.0485. The van der Waals surface area contributed by atoms with E-state index in [0.29, 0.717) is 17.2 Å². The molecule has 0 aliphatic carbocycles. The molecule has 2 amide bonds. The maximum atomic E-state index is 12.8. The fourth-order valence-corrected chi connectivity index (χ4v) is 3.44. The smallest absolute Gasteiger partial charge is 0.257 e. The molecule has 0 spiro atoms. The summed E-state index contributed by atoms with van der Waals surface area (Å²) in [6, 6.07) is 7.46. The topological polar surface area (TPSA) is 87.2 Å². The molecule has 2 heterocycles. The second kappa shape index (κ2) is 7.18.